The van der Waals surface area contributed by atoms with E-state index >= 15 is 0 Å². The minimum atomic E-state index is -0.234. The van der Waals surface area contributed by atoms with Gasteiger partial charge in [0.2, 0.25) is 5.91 Å². The zero-order chi connectivity index (χ0) is 29.3. The summed E-state index contributed by atoms with van der Waals surface area (Å²) in [4.78, 5) is 30.9. The minimum absolute atomic E-state index is 0.0772. The van der Waals surface area contributed by atoms with Crippen LogP contribution in [-0.4, -0.2) is 57.0 Å². The molecule has 1 spiro atoms. The molecule has 9 heteroatoms. The number of aromatic nitrogens is 4. The summed E-state index contributed by atoms with van der Waals surface area (Å²) in [5, 5.41) is 0. The Morgan fingerprint density at radius 3 is 2.40 bits per heavy atom. The lowest BCUT2D eigenvalue weighted by molar-refractivity contribution is -0.126. The number of anilines is 2. The molecule has 0 atom stereocenters. The molecule has 0 bridgehead atoms. The number of hydrogen-bond acceptors (Lipinski definition) is 7. The van der Waals surface area contributed by atoms with Crippen molar-refractivity contribution in [2.24, 2.45) is 11.1 Å². The van der Waals surface area contributed by atoms with Crippen molar-refractivity contribution in [3.05, 3.63) is 84.6 Å². The lowest BCUT2D eigenvalue weighted by Crippen LogP contribution is -2.57. The van der Waals surface area contributed by atoms with E-state index in [1.807, 2.05) is 36.2 Å². The summed E-state index contributed by atoms with van der Waals surface area (Å²) in [6, 6.07) is 24.8. The van der Waals surface area contributed by atoms with Gasteiger partial charge in [-0.15, -0.1) is 0 Å². The van der Waals surface area contributed by atoms with E-state index in [9.17, 15) is 4.79 Å². The summed E-state index contributed by atoms with van der Waals surface area (Å²) < 4.78 is 2.07. The van der Waals surface area contributed by atoms with Gasteiger partial charge in [0, 0.05) is 67.2 Å². The van der Waals surface area contributed by atoms with Crippen LogP contribution in [-0.2, 0) is 10.3 Å². The molecular formula is C34H34N8O. The van der Waals surface area contributed by atoms with Gasteiger partial charge in [0.1, 0.15) is 11.3 Å². The van der Waals surface area contributed by atoms with E-state index in [1.165, 1.54) is 6.42 Å². The van der Waals surface area contributed by atoms with Crippen molar-refractivity contribution in [1.29, 1.82) is 0 Å². The third-order valence-electron chi connectivity index (χ3n) is 9.61. The average Bonchev–Trinajstić information content (AvgIpc) is 3.52. The SMILES string of the molecule is CN1CC2(CC1=O)CN(c1cccc(-c3ccc4nc(-c5cccnc5N)n(-c5ccc(C6(N)CCC6)cc5)c4n3)c1)C2. The van der Waals surface area contributed by atoms with Crippen LogP contribution in [0.25, 0.3) is 39.5 Å². The van der Waals surface area contributed by atoms with Gasteiger partial charge < -0.3 is 21.3 Å². The van der Waals surface area contributed by atoms with E-state index in [0.29, 0.717) is 18.1 Å². The molecule has 8 rings (SSSR count). The fourth-order valence-electron chi connectivity index (χ4n) is 7.06. The molecule has 9 nitrogen and oxygen atoms in total. The Labute approximate surface area is 250 Å². The Balaban J connectivity index is 1.19. The van der Waals surface area contributed by atoms with Gasteiger partial charge in [-0.2, -0.15) is 0 Å². The van der Waals surface area contributed by atoms with Crippen LogP contribution in [0, 0.1) is 5.41 Å². The maximum Gasteiger partial charge on any atom is 0.223 e. The van der Waals surface area contributed by atoms with Gasteiger partial charge in [-0.1, -0.05) is 24.3 Å². The molecule has 5 heterocycles. The highest BCUT2D eigenvalue weighted by Crippen LogP contribution is 2.43. The zero-order valence-electron chi connectivity index (χ0n) is 24.2. The maximum absolute atomic E-state index is 12.2. The molecule has 3 fully saturated rings. The van der Waals surface area contributed by atoms with Gasteiger partial charge in [-0.3, -0.25) is 9.36 Å². The van der Waals surface area contributed by atoms with E-state index in [1.54, 1.807) is 6.20 Å². The standard InChI is InChI=1S/C34H34N8O/c1-40-19-33(18-29(40)43)20-41(21-33)25-6-2-5-22(17-25)27-12-13-28-32(38-27)42(31(39-28)26-7-3-16-37-30(26)35)24-10-8-23(9-11-24)34(36)14-4-15-34/h2-3,5-13,16-17H,4,14-15,18-21,36H2,1H3,(H2,35,37). The summed E-state index contributed by atoms with van der Waals surface area (Å²) in [6.07, 6.45) is 5.51. The molecule has 2 aliphatic heterocycles. The molecule has 43 heavy (non-hydrogen) atoms. The molecule has 5 aromatic rings. The monoisotopic (exact) mass is 570 g/mol. The van der Waals surface area contributed by atoms with Crippen molar-refractivity contribution in [1.82, 2.24) is 24.4 Å². The second kappa shape index (κ2) is 9.37. The highest BCUT2D eigenvalue weighted by molar-refractivity contribution is 5.85. The number of nitrogen functional groups attached to an aromatic ring is 1. The predicted molar refractivity (Wildman–Crippen MR) is 169 cm³/mol. The first-order valence-corrected chi connectivity index (χ1v) is 14.9. The molecule has 1 aliphatic carbocycles. The number of nitrogens with zero attached hydrogens (tertiary/aromatic N) is 6. The van der Waals surface area contributed by atoms with Crippen LogP contribution in [0.5, 0.6) is 0 Å². The number of carbonyl (C=O) groups is 1. The lowest BCUT2D eigenvalue weighted by Gasteiger charge is -2.49. The molecule has 1 saturated carbocycles. The molecule has 0 unspecified atom stereocenters. The van der Waals surface area contributed by atoms with Crippen LogP contribution in [0.1, 0.15) is 31.2 Å². The Bertz CT molecular complexity index is 1880. The Morgan fingerprint density at radius 1 is 0.884 bits per heavy atom. The summed E-state index contributed by atoms with van der Waals surface area (Å²) in [6.45, 7) is 2.62. The van der Waals surface area contributed by atoms with Crippen molar-refractivity contribution >= 4 is 28.6 Å². The third kappa shape index (κ3) is 4.18. The van der Waals surface area contributed by atoms with Crippen molar-refractivity contribution in [3.8, 4) is 28.3 Å². The minimum Gasteiger partial charge on any atom is -0.383 e. The number of pyridine rings is 2. The molecule has 3 aliphatic rings. The number of likely N-dealkylation sites (tertiary alicyclic amines) is 1. The summed E-state index contributed by atoms with van der Waals surface area (Å²) in [5.41, 5.74) is 20.2. The Kier molecular flexibility index (Phi) is 5.65. The predicted octanol–water partition coefficient (Wildman–Crippen LogP) is 4.74. The van der Waals surface area contributed by atoms with E-state index in [2.05, 4.69) is 63.0 Å². The number of nitrogens with two attached hydrogens (primary N) is 2. The van der Waals surface area contributed by atoms with Gasteiger partial charge in [0.15, 0.2) is 11.5 Å². The molecule has 1 amide bonds. The van der Waals surface area contributed by atoms with Crippen molar-refractivity contribution in [2.75, 3.05) is 37.3 Å². The normalized spacial score (nSPS) is 18.7. The topological polar surface area (TPSA) is 119 Å². The molecule has 2 saturated heterocycles. The largest absolute Gasteiger partial charge is 0.383 e. The van der Waals surface area contributed by atoms with Gasteiger partial charge >= 0.3 is 0 Å². The van der Waals surface area contributed by atoms with Crippen LogP contribution in [0.3, 0.4) is 0 Å². The molecule has 216 valence electrons. The fourth-order valence-corrected chi connectivity index (χ4v) is 7.06. The Hall–Kier alpha value is -4.76. The molecule has 3 aromatic heterocycles. The molecule has 2 aromatic carbocycles. The van der Waals surface area contributed by atoms with Crippen molar-refractivity contribution < 1.29 is 4.79 Å². The van der Waals surface area contributed by atoms with Gasteiger partial charge in [-0.25, -0.2) is 15.0 Å². The van der Waals surface area contributed by atoms with Crippen LogP contribution < -0.4 is 16.4 Å². The van der Waals surface area contributed by atoms with Crippen molar-refractivity contribution in [2.45, 2.75) is 31.2 Å². The maximum atomic E-state index is 12.2. The van der Waals surface area contributed by atoms with E-state index < -0.39 is 0 Å². The zero-order valence-corrected chi connectivity index (χ0v) is 24.2. The van der Waals surface area contributed by atoms with E-state index in [-0.39, 0.29) is 16.9 Å². The average molecular weight is 571 g/mol. The van der Waals surface area contributed by atoms with E-state index in [4.69, 9.17) is 21.4 Å². The Morgan fingerprint density at radius 2 is 1.70 bits per heavy atom. The number of rotatable bonds is 5. The molecular weight excluding hydrogens is 536 g/mol. The lowest BCUT2D eigenvalue weighted by atomic mass is 9.73. The summed E-state index contributed by atoms with van der Waals surface area (Å²) >= 11 is 0. The number of amides is 1. The first-order valence-electron chi connectivity index (χ1n) is 14.9. The first-order chi connectivity index (χ1) is 20.8. The second-order valence-corrected chi connectivity index (χ2v) is 12.6. The highest BCUT2D eigenvalue weighted by atomic mass is 16.2. The van der Waals surface area contributed by atoms with Crippen LogP contribution in [0.4, 0.5) is 11.5 Å². The second-order valence-electron chi connectivity index (χ2n) is 12.6. The van der Waals surface area contributed by atoms with Crippen molar-refractivity contribution in [3.63, 3.8) is 0 Å². The highest BCUT2D eigenvalue weighted by Gasteiger charge is 2.50. The molecule has 0 radical (unpaired) electrons. The van der Waals surface area contributed by atoms with E-state index in [0.717, 1.165) is 77.4 Å². The summed E-state index contributed by atoms with van der Waals surface area (Å²) in [7, 11) is 1.90. The van der Waals surface area contributed by atoms with Gasteiger partial charge in [-0.05, 0) is 73.4 Å². The van der Waals surface area contributed by atoms with Gasteiger partial charge in [0.25, 0.3) is 0 Å². The fraction of sp³-hybridized carbons (Fsp3) is 0.294. The number of fused-ring (bicyclic) bond motifs is 1. The first kappa shape index (κ1) is 25.9. The van der Waals surface area contributed by atoms with Crippen LogP contribution >= 0.6 is 0 Å². The number of hydrogen-bond donors (Lipinski definition) is 2. The number of benzene rings is 2. The quantitative estimate of drug-likeness (QED) is 0.313. The number of carbonyl (C=O) groups excluding carboxylic acids is 1. The van der Waals surface area contributed by atoms with Gasteiger partial charge in [0.05, 0.1) is 11.3 Å². The smallest absolute Gasteiger partial charge is 0.223 e. The van der Waals surface area contributed by atoms with Crippen LogP contribution in [0.15, 0.2) is 79.0 Å². The third-order valence-corrected chi connectivity index (χ3v) is 9.61. The van der Waals surface area contributed by atoms with Crippen LogP contribution in [0.2, 0.25) is 0 Å². The summed E-state index contributed by atoms with van der Waals surface area (Å²) in [5.74, 6) is 1.36. The molecule has 4 N–H and O–H groups in total. The number of imidazole rings is 1.